The molecule has 1 saturated heterocycles. The Balaban J connectivity index is 0.00000392. The van der Waals surface area contributed by atoms with Gasteiger partial charge in [-0.25, -0.2) is 0 Å². The van der Waals surface area contributed by atoms with E-state index in [-0.39, 0.29) is 24.0 Å². The molecule has 1 aliphatic rings. The van der Waals surface area contributed by atoms with E-state index < -0.39 is 0 Å². The number of ether oxygens (including phenoxy) is 1. The molecule has 7 heteroatoms. The lowest BCUT2D eigenvalue weighted by atomic mass is 10.0. The van der Waals surface area contributed by atoms with Crippen LogP contribution in [-0.4, -0.2) is 81.8 Å². The minimum Gasteiger partial charge on any atom is -0.380 e. The summed E-state index contributed by atoms with van der Waals surface area (Å²) in [4.78, 5) is 9.75. The van der Waals surface area contributed by atoms with Gasteiger partial charge in [-0.2, -0.15) is 0 Å². The van der Waals surface area contributed by atoms with E-state index in [1.165, 1.54) is 5.56 Å². The van der Waals surface area contributed by atoms with Crippen LogP contribution in [0.1, 0.15) is 31.9 Å². The highest BCUT2D eigenvalue weighted by Crippen LogP contribution is 2.24. The van der Waals surface area contributed by atoms with Gasteiger partial charge in [-0.05, 0) is 32.9 Å². The largest absolute Gasteiger partial charge is 0.380 e. The smallest absolute Gasteiger partial charge is 0.191 e. The number of halogens is 1. The van der Waals surface area contributed by atoms with Crippen LogP contribution in [0.4, 0.5) is 0 Å². The Bertz CT molecular complexity index is 543. The van der Waals surface area contributed by atoms with Crippen LogP contribution in [0.3, 0.4) is 0 Å². The molecule has 1 aliphatic heterocycles. The molecule has 1 heterocycles. The Labute approximate surface area is 188 Å². The normalized spacial score (nSPS) is 18.5. The first-order chi connectivity index (χ1) is 13.2. The van der Waals surface area contributed by atoms with Crippen molar-refractivity contribution in [2.75, 3.05) is 66.1 Å². The van der Waals surface area contributed by atoms with E-state index in [2.05, 4.69) is 64.7 Å². The molecule has 1 fully saturated rings. The van der Waals surface area contributed by atoms with Crippen molar-refractivity contribution in [3.05, 3.63) is 35.9 Å². The molecule has 2 N–H and O–H groups in total. The average molecular weight is 503 g/mol. The predicted octanol–water partition coefficient (Wildman–Crippen LogP) is 2.57. The third-order valence-electron chi connectivity index (χ3n) is 4.84. The Kier molecular flexibility index (Phi) is 13.5. The standard InChI is InChI=1S/C21H37N5O.HI/c1-4-22-21(24-13-17-27-5-2)23-12-9-14-26-16-15-25(3)18-20(26)19-10-7-6-8-11-19;/h6-8,10-11,20H,4-5,9,12-18H2,1-3H3,(H2,22,23,24);1H. The van der Waals surface area contributed by atoms with Crippen LogP contribution in [0.15, 0.2) is 35.3 Å². The molecule has 0 bridgehead atoms. The molecule has 0 radical (unpaired) electrons. The van der Waals surface area contributed by atoms with Gasteiger partial charge in [0.2, 0.25) is 0 Å². The number of piperazine rings is 1. The van der Waals surface area contributed by atoms with E-state index in [4.69, 9.17) is 9.73 Å². The number of nitrogens with one attached hydrogen (secondary N) is 2. The number of guanidine groups is 1. The van der Waals surface area contributed by atoms with Gasteiger partial charge in [0.05, 0.1) is 6.61 Å². The van der Waals surface area contributed by atoms with Crippen LogP contribution in [0.25, 0.3) is 0 Å². The molecule has 0 spiro atoms. The number of aliphatic imine (C=N–C) groups is 1. The van der Waals surface area contributed by atoms with Gasteiger partial charge < -0.3 is 20.3 Å². The lowest BCUT2D eigenvalue weighted by Crippen LogP contribution is -2.47. The van der Waals surface area contributed by atoms with Gasteiger partial charge in [-0.3, -0.25) is 9.89 Å². The number of hydrogen-bond donors (Lipinski definition) is 2. The average Bonchev–Trinajstić information content (AvgIpc) is 2.70. The lowest BCUT2D eigenvalue weighted by Gasteiger charge is -2.40. The fourth-order valence-electron chi connectivity index (χ4n) is 3.41. The van der Waals surface area contributed by atoms with E-state index in [0.29, 0.717) is 12.6 Å². The van der Waals surface area contributed by atoms with E-state index in [0.717, 1.165) is 64.8 Å². The highest BCUT2D eigenvalue weighted by atomic mass is 127. The predicted molar refractivity (Wildman–Crippen MR) is 129 cm³/mol. The summed E-state index contributed by atoms with van der Waals surface area (Å²) in [6.07, 6.45) is 1.06. The summed E-state index contributed by atoms with van der Waals surface area (Å²) < 4.78 is 5.37. The van der Waals surface area contributed by atoms with Gasteiger partial charge in [0.25, 0.3) is 0 Å². The first-order valence-corrected chi connectivity index (χ1v) is 10.3. The van der Waals surface area contributed by atoms with Gasteiger partial charge >= 0.3 is 0 Å². The van der Waals surface area contributed by atoms with Crippen LogP contribution in [0, 0.1) is 0 Å². The highest BCUT2D eigenvalue weighted by molar-refractivity contribution is 14.0. The zero-order chi connectivity index (χ0) is 19.3. The van der Waals surface area contributed by atoms with Crippen molar-refractivity contribution in [3.63, 3.8) is 0 Å². The molecule has 160 valence electrons. The van der Waals surface area contributed by atoms with E-state index in [1.807, 2.05) is 6.92 Å². The summed E-state index contributed by atoms with van der Waals surface area (Å²) in [5.41, 5.74) is 1.42. The van der Waals surface area contributed by atoms with Crippen LogP contribution in [0.2, 0.25) is 0 Å². The maximum absolute atomic E-state index is 5.37. The molecule has 1 aromatic rings. The summed E-state index contributed by atoms with van der Waals surface area (Å²) in [6, 6.07) is 11.4. The molecular formula is C21H38IN5O. The van der Waals surface area contributed by atoms with Gasteiger partial charge in [0, 0.05) is 58.5 Å². The fourth-order valence-corrected chi connectivity index (χ4v) is 3.41. The molecule has 28 heavy (non-hydrogen) atoms. The summed E-state index contributed by atoms with van der Waals surface area (Å²) in [6.45, 7) is 12.5. The van der Waals surface area contributed by atoms with Crippen LogP contribution in [0.5, 0.6) is 0 Å². The number of hydrogen-bond acceptors (Lipinski definition) is 4. The lowest BCUT2D eigenvalue weighted by molar-refractivity contribution is 0.0894. The van der Waals surface area contributed by atoms with Crippen LogP contribution < -0.4 is 10.6 Å². The number of likely N-dealkylation sites (N-methyl/N-ethyl adjacent to an activating group) is 1. The quantitative estimate of drug-likeness (QED) is 0.223. The second kappa shape index (κ2) is 15.0. The summed E-state index contributed by atoms with van der Waals surface area (Å²) >= 11 is 0. The minimum absolute atomic E-state index is 0. The van der Waals surface area contributed by atoms with Crippen LogP contribution >= 0.6 is 24.0 Å². The molecule has 6 nitrogen and oxygen atoms in total. The molecule has 0 aliphatic carbocycles. The van der Waals surface area contributed by atoms with Crippen molar-refractivity contribution >= 4 is 29.9 Å². The van der Waals surface area contributed by atoms with Crippen molar-refractivity contribution in [3.8, 4) is 0 Å². The van der Waals surface area contributed by atoms with Crippen molar-refractivity contribution in [1.82, 2.24) is 20.4 Å². The SMILES string of the molecule is CCNC(=NCCCN1CCN(C)CC1c1ccccc1)NCCOCC.I. The number of nitrogens with zero attached hydrogens (tertiary/aromatic N) is 3. The van der Waals surface area contributed by atoms with Crippen molar-refractivity contribution in [2.45, 2.75) is 26.3 Å². The van der Waals surface area contributed by atoms with Gasteiger partial charge in [0.1, 0.15) is 0 Å². The Morgan fingerprint density at radius 1 is 1.18 bits per heavy atom. The van der Waals surface area contributed by atoms with Crippen molar-refractivity contribution in [1.29, 1.82) is 0 Å². The van der Waals surface area contributed by atoms with Gasteiger partial charge in [0.15, 0.2) is 5.96 Å². The van der Waals surface area contributed by atoms with Gasteiger partial charge in [-0.1, -0.05) is 30.3 Å². The molecule has 1 unspecified atom stereocenters. The molecule has 1 aromatic carbocycles. The van der Waals surface area contributed by atoms with E-state index in [1.54, 1.807) is 0 Å². The number of benzene rings is 1. The second-order valence-corrected chi connectivity index (χ2v) is 6.96. The third kappa shape index (κ3) is 9.07. The van der Waals surface area contributed by atoms with Crippen molar-refractivity contribution < 1.29 is 4.74 Å². The molecule has 0 aromatic heterocycles. The summed E-state index contributed by atoms with van der Waals surface area (Å²) in [5.74, 6) is 0.884. The molecule has 1 atom stereocenters. The second-order valence-electron chi connectivity index (χ2n) is 6.96. The number of rotatable bonds is 10. The molecule has 0 amide bonds. The molecular weight excluding hydrogens is 465 g/mol. The molecule has 0 saturated carbocycles. The first kappa shape index (κ1) is 25.1. The summed E-state index contributed by atoms with van der Waals surface area (Å²) in [7, 11) is 2.22. The minimum atomic E-state index is 0. The fraction of sp³-hybridized carbons (Fsp3) is 0.667. The monoisotopic (exact) mass is 503 g/mol. The van der Waals surface area contributed by atoms with E-state index in [9.17, 15) is 0 Å². The van der Waals surface area contributed by atoms with Crippen LogP contribution in [-0.2, 0) is 4.74 Å². The Morgan fingerprint density at radius 2 is 1.96 bits per heavy atom. The van der Waals surface area contributed by atoms with Crippen molar-refractivity contribution in [2.24, 2.45) is 4.99 Å². The zero-order valence-corrected chi connectivity index (χ0v) is 20.0. The Hall–Kier alpha value is -0.900. The highest BCUT2D eigenvalue weighted by Gasteiger charge is 2.25. The van der Waals surface area contributed by atoms with Gasteiger partial charge in [-0.15, -0.1) is 24.0 Å². The first-order valence-electron chi connectivity index (χ1n) is 10.3. The third-order valence-corrected chi connectivity index (χ3v) is 4.84. The van der Waals surface area contributed by atoms with E-state index >= 15 is 0 Å². The maximum atomic E-state index is 5.37. The zero-order valence-electron chi connectivity index (χ0n) is 17.7. The Morgan fingerprint density at radius 3 is 2.68 bits per heavy atom. The molecule has 2 rings (SSSR count). The summed E-state index contributed by atoms with van der Waals surface area (Å²) in [5, 5.41) is 6.63. The topological polar surface area (TPSA) is 52.1 Å². The maximum Gasteiger partial charge on any atom is 0.191 e.